The first-order chi connectivity index (χ1) is 29.0. The SMILES string of the molecule is CCCCCCCC/C=C\CCCCCCCCCCCC(=O)OC[C@H](COP(=O)(O)OCCN)OC(=O)CCC[C@H](O)[C@@H](O)/C=C/C=C/C=C\C=C\[C@@H](O)CCCCC. The van der Waals surface area contributed by atoms with Crippen molar-refractivity contribution < 1.29 is 52.9 Å². The Morgan fingerprint density at radius 2 is 1.12 bits per heavy atom. The van der Waals surface area contributed by atoms with Gasteiger partial charge in [0.1, 0.15) is 6.61 Å². The van der Waals surface area contributed by atoms with Crippen molar-refractivity contribution in [2.75, 3.05) is 26.4 Å². The van der Waals surface area contributed by atoms with Crippen LogP contribution in [0.2, 0.25) is 0 Å². The maximum absolute atomic E-state index is 12.6. The molecule has 60 heavy (non-hydrogen) atoms. The van der Waals surface area contributed by atoms with E-state index in [2.05, 4.69) is 26.0 Å². The van der Waals surface area contributed by atoms with Crippen molar-refractivity contribution in [2.24, 2.45) is 5.73 Å². The number of allylic oxidation sites excluding steroid dienone is 8. The summed E-state index contributed by atoms with van der Waals surface area (Å²) in [5.41, 5.74) is 5.33. The number of hydrogen-bond donors (Lipinski definition) is 5. The van der Waals surface area contributed by atoms with Crippen LogP contribution in [0.25, 0.3) is 0 Å². The minimum atomic E-state index is -4.48. The number of unbranched alkanes of at least 4 members (excludes halogenated alkanes) is 17. The lowest BCUT2D eigenvalue weighted by atomic mass is 10.1. The Hall–Kier alpha value is -2.41. The van der Waals surface area contributed by atoms with E-state index in [-0.39, 0.29) is 45.4 Å². The van der Waals surface area contributed by atoms with Gasteiger partial charge in [-0.3, -0.25) is 18.6 Å². The van der Waals surface area contributed by atoms with Gasteiger partial charge in [-0.15, -0.1) is 0 Å². The molecule has 0 aromatic heterocycles. The number of phosphoric acid groups is 1. The van der Waals surface area contributed by atoms with Crippen LogP contribution >= 0.6 is 7.82 Å². The van der Waals surface area contributed by atoms with Gasteiger partial charge in [-0.25, -0.2) is 4.57 Å². The summed E-state index contributed by atoms with van der Waals surface area (Å²) in [6, 6.07) is 0. The van der Waals surface area contributed by atoms with Gasteiger partial charge in [0.05, 0.1) is 31.5 Å². The molecule has 13 heteroatoms. The average Bonchev–Trinajstić information content (AvgIpc) is 3.22. The fourth-order valence-corrected chi connectivity index (χ4v) is 6.90. The molecule has 5 atom stereocenters. The number of carbonyl (C=O) groups is 2. The highest BCUT2D eigenvalue weighted by atomic mass is 31.2. The van der Waals surface area contributed by atoms with Gasteiger partial charge in [-0.05, 0) is 51.4 Å². The van der Waals surface area contributed by atoms with E-state index in [4.69, 9.17) is 24.3 Å². The Morgan fingerprint density at radius 3 is 1.72 bits per heavy atom. The van der Waals surface area contributed by atoms with Crippen molar-refractivity contribution in [1.29, 1.82) is 0 Å². The van der Waals surface area contributed by atoms with Crippen molar-refractivity contribution in [3.8, 4) is 0 Å². The van der Waals surface area contributed by atoms with Crippen molar-refractivity contribution in [3.63, 3.8) is 0 Å². The molecule has 0 bridgehead atoms. The number of aliphatic hydroxyl groups excluding tert-OH is 3. The second-order valence-electron chi connectivity index (χ2n) is 15.5. The predicted molar refractivity (Wildman–Crippen MR) is 242 cm³/mol. The second kappa shape index (κ2) is 41.9. The van der Waals surface area contributed by atoms with Crippen LogP contribution in [0, 0.1) is 0 Å². The number of hydrogen-bond acceptors (Lipinski definition) is 11. The maximum Gasteiger partial charge on any atom is 0.472 e. The van der Waals surface area contributed by atoms with Gasteiger partial charge >= 0.3 is 19.8 Å². The monoisotopic (exact) mass is 870 g/mol. The first-order valence-corrected chi connectivity index (χ1v) is 24.6. The summed E-state index contributed by atoms with van der Waals surface area (Å²) in [4.78, 5) is 35.0. The van der Waals surface area contributed by atoms with E-state index in [0.717, 1.165) is 44.9 Å². The van der Waals surface area contributed by atoms with Crippen molar-refractivity contribution in [2.45, 2.75) is 199 Å². The molecule has 12 nitrogen and oxygen atoms in total. The fourth-order valence-electron chi connectivity index (χ4n) is 6.13. The van der Waals surface area contributed by atoms with E-state index in [1.54, 1.807) is 42.5 Å². The van der Waals surface area contributed by atoms with Gasteiger partial charge in [0, 0.05) is 19.4 Å². The highest BCUT2D eigenvalue weighted by Gasteiger charge is 2.26. The van der Waals surface area contributed by atoms with Crippen molar-refractivity contribution in [3.05, 3.63) is 60.8 Å². The Bertz CT molecular complexity index is 1220. The molecule has 0 rings (SSSR count). The topological polar surface area (TPSA) is 195 Å². The molecule has 6 N–H and O–H groups in total. The number of esters is 2. The molecule has 0 aromatic carbocycles. The summed E-state index contributed by atoms with van der Waals surface area (Å²) in [7, 11) is -4.48. The van der Waals surface area contributed by atoms with E-state index in [1.807, 2.05) is 0 Å². The third-order valence-corrected chi connectivity index (χ3v) is 10.7. The third kappa shape index (κ3) is 39.7. The molecule has 0 heterocycles. The highest BCUT2D eigenvalue weighted by molar-refractivity contribution is 7.47. The summed E-state index contributed by atoms with van der Waals surface area (Å²) >= 11 is 0. The summed E-state index contributed by atoms with van der Waals surface area (Å²) in [6.45, 7) is 3.22. The Balaban J connectivity index is 4.43. The summed E-state index contributed by atoms with van der Waals surface area (Å²) < 4.78 is 32.6. The van der Waals surface area contributed by atoms with E-state index >= 15 is 0 Å². The summed E-state index contributed by atoms with van der Waals surface area (Å²) in [5.74, 6) is -1.16. The van der Waals surface area contributed by atoms with Crippen LogP contribution in [-0.4, -0.2) is 82.9 Å². The quantitative estimate of drug-likeness (QED) is 0.0128. The molecule has 0 radical (unpaired) electrons. The lowest BCUT2D eigenvalue weighted by molar-refractivity contribution is -0.161. The van der Waals surface area contributed by atoms with Crippen LogP contribution in [-0.2, 0) is 32.7 Å². The first kappa shape index (κ1) is 57.6. The van der Waals surface area contributed by atoms with Gasteiger partial charge in [0.2, 0.25) is 0 Å². The normalized spacial score (nSPS) is 15.4. The molecule has 0 aliphatic heterocycles. The summed E-state index contributed by atoms with van der Waals surface area (Å²) in [5, 5.41) is 30.5. The van der Waals surface area contributed by atoms with Crippen molar-refractivity contribution in [1.82, 2.24) is 0 Å². The van der Waals surface area contributed by atoms with E-state index in [1.165, 1.54) is 89.5 Å². The number of aliphatic hydroxyl groups is 3. The first-order valence-electron chi connectivity index (χ1n) is 23.1. The Kier molecular flexibility index (Phi) is 40.2. The van der Waals surface area contributed by atoms with Crippen LogP contribution in [0.3, 0.4) is 0 Å². The number of carbonyl (C=O) groups excluding carboxylic acids is 2. The van der Waals surface area contributed by atoms with Crippen LogP contribution in [0.15, 0.2) is 60.8 Å². The molecular weight excluding hydrogens is 785 g/mol. The zero-order chi connectivity index (χ0) is 44.4. The average molecular weight is 870 g/mol. The van der Waals surface area contributed by atoms with Gasteiger partial charge in [0.15, 0.2) is 6.10 Å². The van der Waals surface area contributed by atoms with Crippen LogP contribution in [0.4, 0.5) is 0 Å². The smallest absolute Gasteiger partial charge is 0.462 e. The molecule has 0 spiro atoms. The van der Waals surface area contributed by atoms with Crippen LogP contribution in [0.1, 0.15) is 174 Å². The minimum Gasteiger partial charge on any atom is -0.462 e. The van der Waals surface area contributed by atoms with Crippen LogP contribution < -0.4 is 5.73 Å². The Labute approximate surface area is 363 Å². The van der Waals surface area contributed by atoms with E-state index < -0.39 is 50.8 Å². The number of phosphoric ester groups is 1. The maximum atomic E-state index is 12.6. The van der Waals surface area contributed by atoms with E-state index in [0.29, 0.717) is 6.42 Å². The third-order valence-electron chi connectivity index (χ3n) is 9.74. The largest absolute Gasteiger partial charge is 0.472 e. The predicted octanol–water partition coefficient (Wildman–Crippen LogP) is 10.2. The van der Waals surface area contributed by atoms with Crippen LogP contribution in [0.5, 0.6) is 0 Å². The molecular formula is C47H84NO11P. The van der Waals surface area contributed by atoms with Gasteiger partial charge in [0.25, 0.3) is 0 Å². The number of nitrogens with two attached hydrogens (primary N) is 1. The lowest BCUT2D eigenvalue weighted by Crippen LogP contribution is -2.30. The second-order valence-corrected chi connectivity index (χ2v) is 16.9. The highest BCUT2D eigenvalue weighted by Crippen LogP contribution is 2.43. The molecule has 348 valence electrons. The Morgan fingerprint density at radius 1 is 0.600 bits per heavy atom. The minimum absolute atomic E-state index is 0.00455. The number of ether oxygens (including phenoxy) is 2. The van der Waals surface area contributed by atoms with Gasteiger partial charge < -0.3 is 35.4 Å². The molecule has 0 saturated carbocycles. The van der Waals surface area contributed by atoms with Gasteiger partial charge in [-0.1, -0.05) is 171 Å². The summed E-state index contributed by atoms with van der Waals surface area (Å²) in [6.07, 6.45) is 39.0. The standard InChI is InChI=1S/C47H84NO11P/c1-3-5-7-8-9-10-11-12-13-14-15-16-17-18-19-20-21-26-30-36-46(52)56-40-43(41-58-60(54,55)57-39-38-48)59-47(53)37-31-35-45(51)44(50)34-29-25-23-22-24-28-33-42(49)32-27-6-4-2/h12-13,22-25,28-29,33-34,42-45,49-51H,3-11,14-21,26-27,30-32,35-41,48H2,1-2H3,(H,54,55)/b13-12-,24-22-,25-23+,33-28+,34-29+/t42-,43+,44-,45-/m0/s1. The van der Waals surface area contributed by atoms with E-state index in [9.17, 15) is 34.4 Å². The lowest BCUT2D eigenvalue weighted by Gasteiger charge is -2.20. The molecule has 1 unspecified atom stereocenters. The van der Waals surface area contributed by atoms with Gasteiger partial charge in [-0.2, -0.15) is 0 Å². The molecule has 0 amide bonds. The molecule has 0 aliphatic carbocycles. The fraction of sp³-hybridized carbons (Fsp3) is 0.745. The zero-order valence-electron chi connectivity index (χ0n) is 37.3. The van der Waals surface area contributed by atoms with Crippen molar-refractivity contribution >= 4 is 19.8 Å². The molecule has 0 aromatic rings. The number of rotatable bonds is 42. The molecule has 0 fully saturated rings. The molecule has 0 aliphatic rings. The zero-order valence-corrected chi connectivity index (χ0v) is 38.2. The molecule has 0 saturated heterocycles.